The molecule has 2 aromatic rings. The van der Waals surface area contributed by atoms with E-state index < -0.39 is 17.8 Å². The molecule has 0 atom stereocenters. The number of carbonyl (C=O) groups is 3. The Morgan fingerprint density at radius 1 is 1.00 bits per heavy atom. The summed E-state index contributed by atoms with van der Waals surface area (Å²) in [5.74, 6) is -1.08. The van der Waals surface area contributed by atoms with Crippen LogP contribution in [0.3, 0.4) is 0 Å². The first-order chi connectivity index (χ1) is 14.0. The lowest BCUT2D eigenvalue weighted by molar-refractivity contribution is -0.122. The number of urea groups is 1. The number of nitrogens with zero attached hydrogens (tertiary/aromatic N) is 1. The number of hydrogen-bond acceptors (Lipinski definition) is 6. The van der Waals surface area contributed by atoms with E-state index in [2.05, 4.69) is 5.32 Å². The van der Waals surface area contributed by atoms with Crippen molar-refractivity contribution in [3.8, 4) is 17.2 Å². The van der Waals surface area contributed by atoms with Crippen LogP contribution in [0.1, 0.15) is 19.4 Å². The molecule has 1 aliphatic rings. The molecular formula is C21H20N2O6. The van der Waals surface area contributed by atoms with E-state index in [9.17, 15) is 19.5 Å². The van der Waals surface area contributed by atoms with Crippen molar-refractivity contribution < 1.29 is 29.0 Å². The maximum atomic E-state index is 13.0. The van der Waals surface area contributed by atoms with Crippen LogP contribution in [0.5, 0.6) is 17.2 Å². The number of phenols is 1. The van der Waals surface area contributed by atoms with Crippen LogP contribution in [0.25, 0.3) is 6.08 Å². The number of benzene rings is 2. The van der Waals surface area contributed by atoms with Crippen molar-refractivity contribution >= 4 is 29.6 Å². The quantitative estimate of drug-likeness (QED) is 0.575. The van der Waals surface area contributed by atoms with Gasteiger partial charge < -0.3 is 14.6 Å². The van der Waals surface area contributed by atoms with Gasteiger partial charge in [0.25, 0.3) is 11.8 Å². The molecule has 0 saturated carbocycles. The number of phenolic OH excluding ortho intramolecular Hbond substituents is 1. The highest BCUT2D eigenvalue weighted by molar-refractivity contribution is 6.39. The summed E-state index contributed by atoms with van der Waals surface area (Å²) in [4.78, 5) is 38.6. The number of hydrogen-bond donors (Lipinski definition) is 2. The lowest BCUT2D eigenvalue weighted by Gasteiger charge is -2.27. The zero-order valence-corrected chi connectivity index (χ0v) is 16.0. The van der Waals surface area contributed by atoms with Crippen LogP contribution >= 0.6 is 0 Å². The molecule has 0 spiro atoms. The number of amides is 4. The monoisotopic (exact) mass is 396 g/mol. The lowest BCUT2D eigenvalue weighted by atomic mass is 10.1. The van der Waals surface area contributed by atoms with Gasteiger partial charge in [0.1, 0.15) is 11.3 Å². The van der Waals surface area contributed by atoms with Crippen LogP contribution in [-0.2, 0) is 9.59 Å². The Balaban J connectivity index is 2.02. The van der Waals surface area contributed by atoms with Gasteiger partial charge in [-0.3, -0.25) is 14.9 Å². The standard InChI is InChI=1S/C21H20N2O6/c1-3-28-17-8-6-5-7-15(17)23-20(26)14(19(25)22-21(23)27)11-13-9-10-16(24)18(12-13)29-4-2/h5-12,24H,3-4H2,1-2H3,(H,22,25,27)/b14-11+. The summed E-state index contributed by atoms with van der Waals surface area (Å²) in [6, 6.07) is 10.1. The number of para-hydroxylation sites is 2. The van der Waals surface area contributed by atoms with Gasteiger partial charge >= 0.3 is 6.03 Å². The van der Waals surface area contributed by atoms with Gasteiger partial charge in [0.2, 0.25) is 0 Å². The van der Waals surface area contributed by atoms with Crippen LogP contribution < -0.4 is 19.7 Å². The van der Waals surface area contributed by atoms with Crippen LogP contribution in [0.2, 0.25) is 0 Å². The number of aromatic hydroxyl groups is 1. The maximum Gasteiger partial charge on any atom is 0.336 e. The van der Waals surface area contributed by atoms with Gasteiger partial charge in [-0.15, -0.1) is 0 Å². The minimum absolute atomic E-state index is 0.0594. The van der Waals surface area contributed by atoms with Crippen LogP contribution in [0, 0.1) is 0 Å². The SMILES string of the molecule is CCOc1cc(/C=C2\C(=O)NC(=O)N(c3ccccc3OCC)C2=O)ccc1O. The van der Waals surface area contributed by atoms with E-state index in [1.807, 2.05) is 0 Å². The number of barbiturate groups is 1. The van der Waals surface area contributed by atoms with Crippen LogP contribution in [0.15, 0.2) is 48.0 Å². The summed E-state index contributed by atoms with van der Waals surface area (Å²) in [5, 5.41) is 12.0. The highest BCUT2D eigenvalue weighted by atomic mass is 16.5. The van der Waals surface area contributed by atoms with Crippen LogP contribution in [-0.4, -0.2) is 36.2 Å². The molecule has 29 heavy (non-hydrogen) atoms. The fourth-order valence-electron chi connectivity index (χ4n) is 2.85. The predicted molar refractivity (Wildman–Crippen MR) is 106 cm³/mol. The van der Waals surface area contributed by atoms with Gasteiger partial charge in [0, 0.05) is 0 Å². The van der Waals surface area contributed by atoms with Crippen molar-refractivity contribution in [3.63, 3.8) is 0 Å². The van der Waals surface area contributed by atoms with Crippen molar-refractivity contribution in [3.05, 3.63) is 53.6 Å². The van der Waals surface area contributed by atoms with Crippen molar-refractivity contribution in [2.75, 3.05) is 18.1 Å². The molecular weight excluding hydrogens is 376 g/mol. The lowest BCUT2D eigenvalue weighted by Crippen LogP contribution is -2.54. The van der Waals surface area contributed by atoms with Gasteiger partial charge in [0.15, 0.2) is 11.5 Å². The number of nitrogens with one attached hydrogen (secondary N) is 1. The summed E-state index contributed by atoms with van der Waals surface area (Å²) < 4.78 is 10.8. The first-order valence-corrected chi connectivity index (χ1v) is 9.05. The highest BCUT2D eigenvalue weighted by Gasteiger charge is 2.38. The fourth-order valence-corrected chi connectivity index (χ4v) is 2.85. The van der Waals surface area contributed by atoms with Crippen molar-refractivity contribution in [2.45, 2.75) is 13.8 Å². The summed E-state index contributed by atoms with van der Waals surface area (Å²) in [6.45, 7) is 4.23. The molecule has 1 saturated heterocycles. The summed E-state index contributed by atoms with van der Waals surface area (Å²) in [7, 11) is 0. The maximum absolute atomic E-state index is 13.0. The number of ether oxygens (including phenoxy) is 2. The molecule has 8 nitrogen and oxygen atoms in total. The van der Waals surface area contributed by atoms with E-state index in [-0.39, 0.29) is 22.8 Å². The van der Waals surface area contributed by atoms with Crippen molar-refractivity contribution in [2.24, 2.45) is 0 Å². The minimum atomic E-state index is -0.856. The highest BCUT2D eigenvalue weighted by Crippen LogP contribution is 2.32. The average molecular weight is 396 g/mol. The normalized spacial score (nSPS) is 15.4. The molecule has 1 fully saturated rings. The molecule has 3 rings (SSSR count). The molecule has 2 N–H and O–H groups in total. The van der Waals surface area contributed by atoms with E-state index in [1.165, 1.54) is 24.3 Å². The Kier molecular flexibility index (Phi) is 5.82. The molecule has 1 heterocycles. The van der Waals surface area contributed by atoms with Crippen molar-refractivity contribution in [1.29, 1.82) is 0 Å². The van der Waals surface area contributed by atoms with Gasteiger partial charge in [-0.2, -0.15) is 0 Å². The fraction of sp³-hybridized carbons (Fsp3) is 0.190. The van der Waals surface area contributed by atoms with E-state index in [0.717, 1.165) is 4.90 Å². The smallest absolute Gasteiger partial charge is 0.336 e. The molecule has 2 aromatic carbocycles. The summed E-state index contributed by atoms with van der Waals surface area (Å²) in [6.07, 6.45) is 1.34. The van der Waals surface area contributed by atoms with E-state index in [0.29, 0.717) is 24.5 Å². The van der Waals surface area contributed by atoms with E-state index >= 15 is 0 Å². The van der Waals surface area contributed by atoms with Gasteiger partial charge in [-0.25, -0.2) is 9.69 Å². The molecule has 0 unspecified atom stereocenters. The van der Waals surface area contributed by atoms with Crippen molar-refractivity contribution in [1.82, 2.24) is 5.32 Å². The summed E-state index contributed by atoms with van der Waals surface area (Å²) in [5.41, 5.74) is 0.456. The molecule has 0 aromatic heterocycles. The van der Waals surface area contributed by atoms with Gasteiger partial charge in [0.05, 0.1) is 18.9 Å². The Bertz CT molecular complexity index is 998. The first-order valence-electron chi connectivity index (χ1n) is 9.05. The molecule has 4 amide bonds. The third-order valence-electron chi connectivity index (χ3n) is 4.10. The topological polar surface area (TPSA) is 105 Å². The van der Waals surface area contributed by atoms with Gasteiger partial charge in [-0.1, -0.05) is 18.2 Å². The van der Waals surface area contributed by atoms with E-state index in [1.54, 1.807) is 38.1 Å². The second-order valence-corrected chi connectivity index (χ2v) is 6.02. The second kappa shape index (κ2) is 8.47. The first kappa shape index (κ1) is 19.9. The largest absolute Gasteiger partial charge is 0.504 e. The zero-order chi connectivity index (χ0) is 21.0. The Hall–Kier alpha value is -3.81. The number of imide groups is 2. The minimum Gasteiger partial charge on any atom is -0.504 e. The van der Waals surface area contributed by atoms with E-state index in [4.69, 9.17) is 9.47 Å². The predicted octanol–water partition coefficient (Wildman–Crippen LogP) is 2.86. The van der Waals surface area contributed by atoms with Crippen LogP contribution in [0.4, 0.5) is 10.5 Å². The third-order valence-corrected chi connectivity index (χ3v) is 4.10. The third kappa shape index (κ3) is 4.06. The number of carbonyl (C=O) groups excluding carboxylic acids is 3. The van der Waals surface area contributed by atoms with Gasteiger partial charge in [-0.05, 0) is 49.8 Å². The Labute approximate surface area is 167 Å². The molecule has 150 valence electrons. The number of rotatable bonds is 6. The average Bonchev–Trinajstić information content (AvgIpc) is 2.69. The zero-order valence-electron chi connectivity index (χ0n) is 16.0. The summed E-state index contributed by atoms with van der Waals surface area (Å²) >= 11 is 0. The second-order valence-electron chi connectivity index (χ2n) is 6.02. The molecule has 0 radical (unpaired) electrons. The molecule has 0 bridgehead atoms. The molecule has 0 aliphatic carbocycles. The molecule has 8 heteroatoms. The molecule has 1 aliphatic heterocycles. The number of anilines is 1. The Morgan fingerprint density at radius 2 is 1.69 bits per heavy atom. The Morgan fingerprint density at radius 3 is 2.41 bits per heavy atom.